The van der Waals surface area contributed by atoms with Crippen LogP contribution in [0, 0.1) is 0 Å². The third-order valence-corrected chi connectivity index (χ3v) is 4.25. The number of nitrogens with zero attached hydrogens (tertiary/aromatic N) is 1. The number of para-hydroxylation sites is 1. The molecule has 0 unspecified atom stereocenters. The third kappa shape index (κ3) is 4.40. The van der Waals surface area contributed by atoms with Crippen molar-refractivity contribution in [1.29, 1.82) is 0 Å². The minimum Gasteiger partial charge on any atom is -0.493 e. The van der Waals surface area contributed by atoms with Crippen LogP contribution in [-0.2, 0) is 4.79 Å². The summed E-state index contributed by atoms with van der Waals surface area (Å²) in [7, 11) is 1.35. The lowest BCUT2D eigenvalue weighted by Crippen LogP contribution is -2.19. The van der Waals surface area contributed by atoms with E-state index in [1.165, 1.54) is 31.0 Å². The fraction of sp³-hybridized carbons (Fsp3) is 0.111. The van der Waals surface area contributed by atoms with Crippen molar-refractivity contribution in [3.63, 3.8) is 0 Å². The number of hydrogen-bond donors (Lipinski definition) is 1. The molecule has 2 aromatic rings. The summed E-state index contributed by atoms with van der Waals surface area (Å²) in [5.41, 5.74) is 1.34. The van der Waals surface area contributed by atoms with Crippen LogP contribution in [0.1, 0.15) is 5.56 Å². The largest absolute Gasteiger partial charge is 0.493 e. The molecule has 134 valence electrons. The number of halogens is 2. The van der Waals surface area contributed by atoms with Crippen LogP contribution >= 0.6 is 11.8 Å². The van der Waals surface area contributed by atoms with Gasteiger partial charge in [0.05, 0.1) is 17.7 Å². The van der Waals surface area contributed by atoms with Gasteiger partial charge in [0.2, 0.25) is 0 Å². The van der Waals surface area contributed by atoms with E-state index >= 15 is 0 Å². The molecule has 0 aromatic heterocycles. The van der Waals surface area contributed by atoms with E-state index in [1.807, 2.05) is 30.3 Å². The van der Waals surface area contributed by atoms with Crippen molar-refractivity contribution >= 4 is 34.6 Å². The standard InChI is InChI=1S/C18H14F2N2O3S/c1-24-14-9-11(7-8-13(14)25-17(19)20)10-15-16(23)22-18(26-15)21-12-5-3-2-4-6-12/h2-10,17H,1H3,(H,21,22,23)/b15-10-. The Kier molecular flexibility index (Phi) is 5.52. The van der Waals surface area contributed by atoms with Gasteiger partial charge in [0.1, 0.15) is 0 Å². The zero-order chi connectivity index (χ0) is 18.5. The summed E-state index contributed by atoms with van der Waals surface area (Å²) in [6.45, 7) is -2.94. The van der Waals surface area contributed by atoms with Crippen LogP contribution in [0.2, 0.25) is 0 Å². The first-order valence-corrected chi connectivity index (χ1v) is 8.34. The number of rotatable bonds is 5. The van der Waals surface area contributed by atoms with Crippen LogP contribution < -0.4 is 14.8 Å². The molecule has 1 N–H and O–H groups in total. The molecule has 5 nitrogen and oxygen atoms in total. The predicted octanol–water partition coefficient (Wildman–Crippen LogP) is 4.19. The lowest BCUT2D eigenvalue weighted by molar-refractivity contribution is -0.115. The number of thioether (sulfide) groups is 1. The second kappa shape index (κ2) is 8.01. The fourth-order valence-corrected chi connectivity index (χ4v) is 3.06. The van der Waals surface area contributed by atoms with Crippen LogP contribution in [0.5, 0.6) is 11.5 Å². The van der Waals surface area contributed by atoms with Crippen molar-refractivity contribution in [1.82, 2.24) is 5.32 Å². The Labute approximate surface area is 152 Å². The molecule has 1 aliphatic heterocycles. The van der Waals surface area contributed by atoms with Gasteiger partial charge in [-0.1, -0.05) is 24.3 Å². The first-order chi connectivity index (χ1) is 12.5. The zero-order valence-electron chi connectivity index (χ0n) is 13.6. The van der Waals surface area contributed by atoms with Crippen LogP contribution in [0.25, 0.3) is 6.08 Å². The number of amidine groups is 1. The second-order valence-corrected chi connectivity index (χ2v) is 6.14. The van der Waals surface area contributed by atoms with Crippen LogP contribution in [0.15, 0.2) is 58.4 Å². The topological polar surface area (TPSA) is 59.9 Å². The number of carbonyl (C=O) groups is 1. The minimum atomic E-state index is -2.94. The number of benzene rings is 2. The zero-order valence-corrected chi connectivity index (χ0v) is 14.4. The highest BCUT2D eigenvalue weighted by Gasteiger charge is 2.24. The van der Waals surface area contributed by atoms with Gasteiger partial charge in [-0.2, -0.15) is 8.78 Å². The molecule has 0 aliphatic carbocycles. The Hall–Kier alpha value is -2.87. The molecular formula is C18H14F2N2O3S. The number of hydrogen-bond acceptors (Lipinski definition) is 5. The number of methoxy groups -OCH3 is 1. The Balaban J connectivity index is 1.81. The lowest BCUT2D eigenvalue weighted by Gasteiger charge is -2.10. The maximum atomic E-state index is 12.4. The molecule has 0 spiro atoms. The molecule has 0 radical (unpaired) electrons. The van der Waals surface area contributed by atoms with E-state index in [-0.39, 0.29) is 17.4 Å². The van der Waals surface area contributed by atoms with Crippen molar-refractivity contribution < 1.29 is 23.0 Å². The summed E-state index contributed by atoms with van der Waals surface area (Å²) in [6, 6.07) is 13.7. The van der Waals surface area contributed by atoms with Crippen molar-refractivity contribution in [2.75, 3.05) is 7.11 Å². The average molecular weight is 376 g/mol. The van der Waals surface area contributed by atoms with E-state index in [4.69, 9.17) is 4.74 Å². The van der Waals surface area contributed by atoms with Gasteiger partial charge in [-0.15, -0.1) is 0 Å². The highest BCUT2D eigenvalue weighted by molar-refractivity contribution is 8.18. The molecule has 3 rings (SSSR count). The summed E-state index contributed by atoms with van der Waals surface area (Å²) in [5, 5.41) is 3.16. The molecule has 1 aliphatic rings. The molecule has 8 heteroatoms. The van der Waals surface area contributed by atoms with E-state index < -0.39 is 6.61 Å². The van der Waals surface area contributed by atoms with E-state index in [1.54, 1.807) is 12.1 Å². The Morgan fingerprint density at radius 3 is 2.62 bits per heavy atom. The first-order valence-electron chi connectivity index (χ1n) is 7.52. The average Bonchev–Trinajstić information content (AvgIpc) is 2.95. The summed E-state index contributed by atoms with van der Waals surface area (Å²) < 4.78 is 34.2. The molecule has 1 saturated heterocycles. The number of nitrogens with one attached hydrogen (secondary N) is 1. The maximum Gasteiger partial charge on any atom is 0.387 e. The van der Waals surface area contributed by atoms with Gasteiger partial charge < -0.3 is 14.8 Å². The van der Waals surface area contributed by atoms with Crippen LogP contribution in [0.3, 0.4) is 0 Å². The summed E-state index contributed by atoms with van der Waals surface area (Å²) in [5.74, 6) is -0.197. The maximum absolute atomic E-state index is 12.4. The third-order valence-electron chi connectivity index (χ3n) is 3.34. The van der Waals surface area contributed by atoms with E-state index in [2.05, 4.69) is 15.0 Å². The Morgan fingerprint density at radius 1 is 1.15 bits per heavy atom. The van der Waals surface area contributed by atoms with Gasteiger partial charge in [0.25, 0.3) is 5.91 Å². The van der Waals surface area contributed by atoms with Crippen LogP contribution in [-0.4, -0.2) is 24.8 Å². The fourth-order valence-electron chi connectivity index (χ4n) is 2.22. The Bertz CT molecular complexity index is 870. The molecule has 0 saturated carbocycles. The van der Waals surface area contributed by atoms with E-state index in [0.29, 0.717) is 15.6 Å². The van der Waals surface area contributed by atoms with Gasteiger partial charge in [0.15, 0.2) is 16.7 Å². The molecule has 1 heterocycles. The summed E-state index contributed by atoms with van der Waals surface area (Å²) in [4.78, 5) is 16.9. The van der Waals surface area contributed by atoms with E-state index in [9.17, 15) is 13.6 Å². The molecule has 0 atom stereocenters. The van der Waals surface area contributed by atoms with Crippen LogP contribution in [0.4, 0.5) is 14.5 Å². The van der Waals surface area contributed by atoms with Crippen molar-refractivity contribution in [2.45, 2.75) is 6.61 Å². The molecule has 26 heavy (non-hydrogen) atoms. The van der Waals surface area contributed by atoms with Crippen molar-refractivity contribution in [3.05, 3.63) is 59.0 Å². The highest BCUT2D eigenvalue weighted by atomic mass is 32.2. The van der Waals surface area contributed by atoms with Gasteiger partial charge in [0, 0.05) is 0 Å². The smallest absolute Gasteiger partial charge is 0.387 e. The second-order valence-electron chi connectivity index (χ2n) is 5.11. The minimum absolute atomic E-state index is 0.0699. The van der Waals surface area contributed by atoms with Gasteiger partial charge >= 0.3 is 6.61 Å². The summed E-state index contributed by atoms with van der Waals surface area (Å²) in [6.07, 6.45) is 1.63. The number of aliphatic imine (C=N–C) groups is 1. The number of ether oxygens (including phenoxy) is 2. The normalized spacial score (nSPS) is 17.0. The van der Waals surface area contributed by atoms with Crippen molar-refractivity contribution in [3.8, 4) is 11.5 Å². The van der Waals surface area contributed by atoms with Gasteiger partial charge in [-0.3, -0.25) is 4.79 Å². The van der Waals surface area contributed by atoms with Gasteiger partial charge in [-0.05, 0) is 47.7 Å². The number of alkyl halides is 2. The molecular weight excluding hydrogens is 362 g/mol. The van der Waals surface area contributed by atoms with E-state index in [0.717, 1.165) is 5.69 Å². The first kappa shape index (κ1) is 17.9. The highest BCUT2D eigenvalue weighted by Crippen LogP contribution is 2.32. The van der Waals surface area contributed by atoms with Gasteiger partial charge in [-0.25, -0.2) is 4.99 Å². The number of carbonyl (C=O) groups excluding carboxylic acids is 1. The Morgan fingerprint density at radius 2 is 1.92 bits per heavy atom. The molecule has 1 amide bonds. The predicted molar refractivity (Wildman–Crippen MR) is 96.9 cm³/mol. The molecule has 0 bridgehead atoms. The van der Waals surface area contributed by atoms with Crippen molar-refractivity contribution in [2.24, 2.45) is 4.99 Å². The monoisotopic (exact) mass is 376 g/mol. The molecule has 1 fully saturated rings. The lowest BCUT2D eigenvalue weighted by atomic mass is 10.2. The summed E-state index contributed by atoms with van der Waals surface area (Å²) >= 11 is 1.20. The number of amides is 1. The molecule has 2 aromatic carbocycles. The SMILES string of the molecule is COc1cc(/C=C2\SC(=Nc3ccccc3)NC2=O)ccc1OC(F)F. The quantitative estimate of drug-likeness (QED) is 0.795.